The Balaban J connectivity index is 1.28. The molecular weight excluding hydrogens is 504 g/mol. The summed E-state index contributed by atoms with van der Waals surface area (Å²) in [6, 6.07) is 9.31. The van der Waals surface area contributed by atoms with Gasteiger partial charge in [-0.15, -0.1) is 5.10 Å². The second-order valence-electron chi connectivity index (χ2n) is 9.88. The number of aryl methyl sites for hydroxylation is 1. The van der Waals surface area contributed by atoms with E-state index in [9.17, 15) is 14.7 Å². The van der Waals surface area contributed by atoms with Gasteiger partial charge in [-0.25, -0.2) is 4.68 Å². The summed E-state index contributed by atoms with van der Waals surface area (Å²) in [5.41, 5.74) is 3.31. The summed E-state index contributed by atoms with van der Waals surface area (Å²) >= 11 is 6.10. The molecule has 2 aliphatic rings. The van der Waals surface area contributed by atoms with Crippen molar-refractivity contribution in [3.63, 3.8) is 0 Å². The lowest BCUT2D eigenvalue weighted by atomic mass is 10.1. The number of aromatic amines is 1. The first-order valence-electron chi connectivity index (χ1n) is 12.8. The van der Waals surface area contributed by atoms with Gasteiger partial charge in [0.25, 0.3) is 11.5 Å². The third kappa shape index (κ3) is 5.50. The SMILES string of the molecule is C=C/C(Cl)=C\c1cc(-c2cn(-c3ccc(C(=O)N4CCC(N5CCC(O)CC5)C4)cc3)nn2)c(=O)[nH]c1C. The Labute approximate surface area is 226 Å². The first-order valence-corrected chi connectivity index (χ1v) is 13.2. The minimum atomic E-state index is -0.271. The molecule has 1 aromatic carbocycles. The van der Waals surface area contributed by atoms with Crippen molar-refractivity contribution < 1.29 is 9.90 Å². The van der Waals surface area contributed by atoms with Gasteiger partial charge < -0.3 is 15.0 Å². The molecular formula is C28H31ClN6O3. The van der Waals surface area contributed by atoms with E-state index in [2.05, 4.69) is 26.8 Å². The molecule has 2 fully saturated rings. The quantitative estimate of drug-likeness (QED) is 0.470. The first kappa shape index (κ1) is 26.1. The van der Waals surface area contributed by atoms with Gasteiger partial charge in [0.05, 0.1) is 23.6 Å². The number of likely N-dealkylation sites (tertiary alicyclic amines) is 2. The molecule has 0 spiro atoms. The van der Waals surface area contributed by atoms with Crippen LogP contribution in [0.2, 0.25) is 0 Å². The number of aromatic nitrogens is 4. The number of amides is 1. The minimum Gasteiger partial charge on any atom is -0.393 e. The Morgan fingerprint density at radius 3 is 2.63 bits per heavy atom. The van der Waals surface area contributed by atoms with Crippen LogP contribution in [0.15, 0.2) is 59.0 Å². The highest BCUT2D eigenvalue weighted by Crippen LogP contribution is 2.23. The van der Waals surface area contributed by atoms with E-state index in [0.29, 0.717) is 40.1 Å². The van der Waals surface area contributed by atoms with Crippen molar-refractivity contribution in [2.75, 3.05) is 26.2 Å². The molecule has 2 saturated heterocycles. The average Bonchev–Trinajstić information content (AvgIpc) is 3.61. The van der Waals surface area contributed by atoms with Gasteiger partial charge in [0.15, 0.2) is 0 Å². The Kier molecular flexibility index (Phi) is 7.60. The zero-order valence-electron chi connectivity index (χ0n) is 21.3. The van der Waals surface area contributed by atoms with E-state index in [0.717, 1.165) is 50.1 Å². The number of halogens is 1. The molecule has 198 valence electrons. The van der Waals surface area contributed by atoms with E-state index < -0.39 is 0 Å². The number of piperidine rings is 1. The number of rotatable bonds is 6. The Hall–Kier alpha value is -3.53. The second-order valence-corrected chi connectivity index (χ2v) is 10.3. The third-order valence-electron chi connectivity index (χ3n) is 7.38. The molecule has 2 N–H and O–H groups in total. The highest BCUT2D eigenvalue weighted by molar-refractivity contribution is 6.33. The lowest BCUT2D eigenvalue weighted by Crippen LogP contribution is -2.44. The molecule has 2 aromatic heterocycles. The second kappa shape index (κ2) is 11.1. The zero-order valence-corrected chi connectivity index (χ0v) is 22.1. The molecule has 38 heavy (non-hydrogen) atoms. The zero-order chi connectivity index (χ0) is 26.8. The largest absolute Gasteiger partial charge is 0.393 e. The van der Waals surface area contributed by atoms with Crippen LogP contribution in [0.1, 0.15) is 40.9 Å². The molecule has 0 bridgehead atoms. The van der Waals surface area contributed by atoms with Gasteiger partial charge in [-0.2, -0.15) is 0 Å². The molecule has 0 radical (unpaired) electrons. The predicted molar refractivity (Wildman–Crippen MR) is 147 cm³/mol. The maximum atomic E-state index is 13.1. The Bertz CT molecular complexity index is 1420. The van der Waals surface area contributed by atoms with E-state index in [1.54, 1.807) is 42.1 Å². The summed E-state index contributed by atoms with van der Waals surface area (Å²) in [7, 11) is 0. The fraction of sp³-hybridized carbons (Fsp3) is 0.357. The van der Waals surface area contributed by atoms with Crippen LogP contribution in [0, 0.1) is 6.92 Å². The van der Waals surface area contributed by atoms with Gasteiger partial charge in [-0.1, -0.05) is 29.5 Å². The molecule has 3 aromatic rings. The molecule has 1 atom stereocenters. The Morgan fingerprint density at radius 1 is 1.18 bits per heavy atom. The van der Waals surface area contributed by atoms with Crippen molar-refractivity contribution in [3.8, 4) is 16.9 Å². The topological polar surface area (TPSA) is 107 Å². The smallest absolute Gasteiger partial charge is 0.257 e. The van der Waals surface area contributed by atoms with Crippen molar-refractivity contribution >= 4 is 23.6 Å². The number of hydrogen-bond acceptors (Lipinski definition) is 6. The molecule has 5 rings (SSSR count). The highest BCUT2D eigenvalue weighted by atomic mass is 35.5. The summed E-state index contributed by atoms with van der Waals surface area (Å²) in [6.07, 6.45) is 7.30. The van der Waals surface area contributed by atoms with Crippen LogP contribution < -0.4 is 5.56 Å². The summed E-state index contributed by atoms with van der Waals surface area (Å²) in [5.74, 6) is 0.0142. The molecule has 0 aliphatic carbocycles. The molecule has 1 unspecified atom stereocenters. The van der Waals surface area contributed by atoms with Crippen LogP contribution in [0.5, 0.6) is 0 Å². The maximum absolute atomic E-state index is 13.1. The van der Waals surface area contributed by atoms with Gasteiger partial charge in [0.2, 0.25) is 0 Å². The predicted octanol–water partition coefficient (Wildman–Crippen LogP) is 3.37. The molecule has 9 nitrogen and oxygen atoms in total. The Morgan fingerprint density at radius 2 is 1.92 bits per heavy atom. The summed E-state index contributed by atoms with van der Waals surface area (Å²) in [5, 5.41) is 18.6. The van der Waals surface area contributed by atoms with Crippen LogP contribution >= 0.6 is 11.6 Å². The van der Waals surface area contributed by atoms with Crippen molar-refractivity contribution in [2.24, 2.45) is 0 Å². The number of benzene rings is 1. The van der Waals surface area contributed by atoms with Crippen LogP contribution in [0.3, 0.4) is 0 Å². The molecule has 4 heterocycles. The monoisotopic (exact) mass is 534 g/mol. The number of nitrogens with zero attached hydrogens (tertiary/aromatic N) is 5. The van der Waals surface area contributed by atoms with Gasteiger partial charge >= 0.3 is 0 Å². The number of nitrogens with one attached hydrogen (secondary N) is 1. The lowest BCUT2D eigenvalue weighted by Gasteiger charge is -2.34. The number of allylic oxidation sites excluding steroid dienone is 2. The normalized spacial score (nSPS) is 19.2. The fourth-order valence-corrected chi connectivity index (χ4v) is 5.23. The van der Waals surface area contributed by atoms with Crippen molar-refractivity contribution in [1.82, 2.24) is 29.8 Å². The standard InChI is InChI=1S/C28H31ClN6O3/c1-3-21(29)14-20-15-25(27(37)30-18(20)2)26-17-35(32-31-26)22-6-4-19(5-7-22)28(38)34-11-8-23(16-34)33-12-9-24(36)10-13-33/h3-7,14-15,17,23-24,36H,1,8-13,16H2,2H3,(H,30,37)/b21-14+. The first-order chi connectivity index (χ1) is 18.3. The minimum absolute atomic E-state index is 0.0142. The summed E-state index contributed by atoms with van der Waals surface area (Å²) in [4.78, 5) is 32.9. The molecule has 1 amide bonds. The van der Waals surface area contributed by atoms with E-state index in [-0.39, 0.29) is 17.6 Å². The molecule has 0 saturated carbocycles. The average molecular weight is 535 g/mol. The molecule has 10 heteroatoms. The number of hydrogen-bond donors (Lipinski definition) is 2. The van der Waals surface area contributed by atoms with Crippen molar-refractivity contribution in [3.05, 3.63) is 81.4 Å². The maximum Gasteiger partial charge on any atom is 0.257 e. The van der Waals surface area contributed by atoms with Crippen molar-refractivity contribution in [1.29, 1.82) is 0 Å². The number of pyridine rings is 1. The van der Waals surface area contributed by atoms with E-state index in [1.807, 2.05) is 17.0 Å². The van der Waals surface area contributed by atoms with Crippen LogP contribution in [0.25, 0.3) is 23.0 Å². The summed E-state index contributed by atoms with van der Waals surface area (Å²) in [6.45, 7) is 8.67. The number of aliphatic hydroxyl groups is 1. The van der Waals surface area contributed by atoms with Gasteiger partial charge in [-0.05, 0) is 68.2 Å². The van der Waals surface area contributed by atoms with Gasteiger partial charge in [0, 0.05) is 48.5 Å². The molecule has 2 aliphatic heterocycles. The lowest BCUT2D eigenvalue weighted by molar-refractivity contribution is 0.0592. The number of carbonyl (C=O) groups is 1. The van der Waals surface area contributed by atoms with Crippen LogP contribution in [0.4, 0.5) is 0 Å². The van der Waals surface area contributed by atoms with E-state index in [1.165, 1.54) is 6.08 Å². The fourth-order valence-electron chi connectivity index (χ4n) is 5.11. The highest BCUT2D eigenvalue weighted by Gasteiger charge is 2.32. The van der Waals surface area contributed by atoms with Crippen LogP contribution in [-0.2, 0) is 0 Å². The number of aliphatic hydroxyl groups excluding tert-OH is 1. The van der Waals surface area contributed by atoms with Crippen LogP contribution in [-0.4, -0.2) is 79.1 Å². The van der Waals surface area contributed by atoms with Gasteiger partial charge in [0.1, 0.15) is 5.69 Å². The van der Waals surface area contributed by atoms with E-state index in [4.69, 9.17) is 11.6 Å². The number of H-pyrrole nitrogens is 1. The van der Waals surface area contributed by atoms with Gasteiger partial charge in [-0.3, -0.25) is 14.5 Å². The third-order valence-corrected chi connectivity index (χ3v) is 7.64. The summed E-state index contributed by atoms with van der Waals surface area (Å²) < 4.78 is 1.58. The number of carbonyl (C=O) groups excluding carboxylic acids is 1. The van der Waals surface area contributed by atoms with Crippen molar-refractivity contribution in [2.45, 2.75) is 38.3 Å². The van der Waals surface area contributed by atoms with E-state index >= 15 is 0 Å².